The first kappa shape index (κ1) is 17.2. The zero-order chi connectivity index (χ0) is 17.3. The molecule has 132 valence electrons. The molecule has 1 amide bonds. The van der Waals surface area contributed by atoms with Gasteiger partial charge in [0.25, 0.3) is 5.91 Å². The summed E-state index contributed by atoms with van der Waals surface area (Å²) in [4.78, 5) is 13.8. The Kier molecular flexibility index (Phi) is 4.83. The Morgan fingerprint density at radius 2 is 1.96 bits per heavy atom. The second kappa shape index (κ2) is 6.72. The number of carbonyl (C=O) groups is 1. The molecule has 0 aromatic heterocycles. The highest BCUT2D eigenvalue weighted by molar-refractivity contribution is 5.94. The largest absolute Gasteiger partial charge is 0.401 e. The van der Waals surface area contributed by atoms with Crippen molar-refractivity contribution in [1.82, 2.24) is 10.2 Å². The summed E-state index contributed by atoms with van der Waals surface area (Å²) >= 11 is 0. The lowest BCUT2D eigenvalue weighted by atomic mass is 10.0. The summed E-state index contributed by atoms with van der Waals surface area (Å²) in [6.07, 6.45) is -2.15. The number of nitrogens with two attached hydrogens (primary N) is 1. The minimum absolute atomic E-state index is 0.0752. The number of halogens is 3. The second-order valence-electron chi connectivity index (χ2n) is 6.77. The summed E-state index contributed by atoms with van der Waals surface area (Å²) in [5, 5.41) is 2.94. The molecule has 4 nitrogen and oxygen atoms in total. The third-order valence-electron chi connectivity index (χ3n) is 4.74. The molecule has 0 spiro atoms. The van der Waals surface area contributed by atoms with Crippen LogP contribution in [0.2, 0.25) is 0 Å². The van der Waals surface area contributed by atoms with Gasteiger partial charge < -0.3 is 11.1 Å². The van der Waals surface area contributed by atoms with Crippen LogP contribution in [0.3, 0.4) is 0 Å². The first-order chi connectivity index (χ1) is 11.3. The number of rotatable bonds is 4. The number of alkyl halides is 3. The lowest BCUT2D eigenvalue weighted by Crippen LogP contribution is -2.47. The van der Waals surface area contributed by atoms with E-state index in [2.05, 4.69) is 5.32 Å². The van der Waals surface area contributed by atoms with E-state index in [0.29, 0.717) is 37.4 Å². The van der Waals surface area contributed by atoms with Crippen molar-refractivity contribution < 1.29 is 18.0 Å². The van der Waals surface area contributed by atoms with Crippen molar-refractivity contribution in [2.24, 2.45) is 5.73 Å². The van der Waals surface area contributed by atoms with E-state index < -0.39 is 12.7 Å². The van der Waals surface area contributed by atoms with Gasteiger partial charge in [-0.1, -0.05) is 12.1 Å². The molecule has 0 radical (unpaired) electrons. The van der Waals surface area contributed by atoms with Crippen LogP contribution >= 0.6 is 0 Å². The van der Waals surface area contributed by atoms with Crippen molar-refractivity contribution in [3.8, 4) is 0 Å². The van der Waals surface area contributed by atoms with Crippen LogP contribution in [0.25, 0.3) is 0 Å². The molecule has 1 aliphatic carbocycles. The Labute approximate surface area is 139 Å². The van der Waals surface area contributed by atoms with Crippen LogP contribution in [0.4, 0.5) is 13.2 Å². The molecule has 0 bridgehead atoms. The summed E-state index contributed by atoms with van der Waals surface area (Å²) in [6.45, 7) is -0.180. The Morgan fingerprint density at radius 1 is 1.29 bits per heavy atom. The van der Waals surface area contributed by atoms with E-state index in [1.807, 2.05) is 18.2 Å². The molecule has 1 saturated carbocycles. The van der Waals surface area contributed by atoms with E-state index in [1.54, 1.807) is 6.07 Å². The highest BCUT2D eigenvalue weighted by Gasteiger charge is 2.35. The summed E-state index contributed by atoms with van der Waals surface area (Å²) in [5.41, 5.74) is 7.51. The number of nitrogens with one attached hydrogen (secondary N) is 1. The summed E-state index contributed by atoms with van der Waals surface area (Å²) in [7, 11) is 0. The lowest BCUT2D eigenvalue weighted by Gasteiger charge is -2.32. The van der Waals surface area contributed by atoms with Gasteiger partial charge in [-0.05, 0) is 37.0 Å². The zero-order valence-electron chi connectivity index (χ0n) is 13.4. The molecule has 0 unspecified atom stereocenters. The first-order valence-corrected chi connectivity index (χ1v) is 8.27. The van der Waals surface area contributed by atoms with Crippen LogP contribution in [-0.4, -0.2) is 48.7 Å². The maximum atomic E-state index is 12.4. The van der Waals surface area contributed by atoms with Crippen molar-refractivity contribution in [1.29, 1.82) is 0 Å². The van der Waals surface area contributed by atoms with E-state index in [-0.39, 0.29) is 18.0 Å². The number of likely N-dealkylation sites (tertiary alicyclic amines) is 1. The fraction of sp³-hybridized carbons (Fsp3) is 0.588. The Morgan fingerprint density at radius 3 is 2.54 bits per heavy atom. The minimum Gasteiger partial charge on any atom is -0.349 e. The van der Waals surface area contributed by atoms with E-state index in [1.165, 1.54) is 4.90 Å². The smallest absolute Gasteiger partial charge is 0.349 e. The second-order valence-corrected chi connectivity index (χ2v) is 6.77. The van der Waals surface area contributed by atoms with Gasteiger partial charge in [-0.3, -0.25) is 9.69 Å². The van der Waals surface area contributed by atoms with Crippen molar-refractivity contribution in [2.45, 2.75) is 43.4 Å². The summed E-state index contributed by atoms with van der Waals surface area (Å²) < 4.78 is 37.2. The quantitative estimate of drug-likeness (QED) is 0.883. The minimum atomic E-state index is -4.17. The number of carbonyl (C=O) groups excluding carboxylic acids is 1. The lowest BCUT2D eigenvalue weighted by molar-refractivity contribution is -0.148. The van der Waals surface area contributed by atoms with Gasteiger partial charge in [-0.15, -0.1) is 0 Å². The SMILES string of the molecule is N[C@@H]1C[C@H]1c1cccc(C(=O)NC2CCN(CC(F)(F)F)CC2)c1. The maximum Gasteiger partial charge on any atom is 0.401 e. The molecule has 1 saturated heterocycles. The van der Waals surface area contributed by atoms with Crippen LogP contribution in [0.5, 0.6) is 0 Å². The monoisotopic (exact) mass is 341 g/mol. The highest BCUT2D eigenvalue weighted by Crippen LogP contribution is 2.39. The molecule has 7 heteroatoms. The molecule has 2 fully saturated rings. The van der Waals surface area contributed by atoms with Crippen LogP contribution in [0, 0.1) is 0 Å². The van der Waals surface area contributed by atoms with Crippen molar-refractivity contribution >= 4 is 5.91 Å². The molecule has 3 rings (SSSR count). The molecule has 1 aromatic carbocycles. The summed E-state index contributed by atoms with van der Waals surface area (Å²) in [6, 6.07) is 7.55. The molecule has 2 atom stereocenters. The zero-order valence-corrected chi connectivity index (χ0v) is 13.4. The Hall–Kier alpha value is -1.60. The molecule has 2 aliphatic rings. The fourth-order valence-corrected chi connectivity index (χ4v) is 3.27. The number of amides is 1. The normalized spacial score (nSPS) is 25.5. The van der Waals surface area contributed by atoms with Crippen LogP contribution in [0.1, 0.15) is 41.1 Å². The third-order valence-corrected chi connectivity index (χ3v) is 4.74. The number of piperidine rings is 1. The van der Waals surface area contributed by atoms with Gasteiger partial charge in [0.1, 0.15) is 0 Å². The van der Waals surface area contributed by atoms with Gasteiger partial charge >= 0.3 is 6.18 Å². The molecule has 24 heavy (non-hydrogen) atoms. The van der Waals surface area contributed by atoms with Crippen molar-refractivity contribution in [2.75, 3.05) is 19.6 Å². The third kappa shape index (κ3) is 4.48. The molecule has 1 aromatic rings. The van der Waals surface area contributed by atoms with E-state index in [4.69, 9.17) is 5.73 Å². The van der Waals surface area contributed by atoms with Gasteiger partial charge in [0.2, 0.25) is 0 Å². The predicted molar refractivity (Wildman–Crippen MR) is 84.8 cm³/mol. The standard InChI is InChI=1S/C17H22F3N3O/c18-17(19,20)10-23-6-4-13(5-7-23)22-16(24)12-3-1-2-11(8-12)14-9-15(14)21/h1-3,8,13-15H,4-7,9-10,21H2,(H,22,24)/t14-,15+/m0/s1. The number of benzene rings is 1. The maximum absolute atomic E-state index is 12.4. The Balaban J connectivity index is 1.51. The van der Waals surface area contributed by atoms with E-state index >= 15 is 0 Å². The van der Waals surface area contributed by atoms with E-state index in [9.17, 15) is 18.0 Å². The molecular weight excluding hydrogens is 319 g/mol. The molecule has 1 aliphatic heterocycles. The fourth-order valence-electron chi connectivity index (χ4n) is 3.27. The van der Waals surface area contributed by atoms with Gasteiger partial charge in [0.15, 0.2) is 0 Å². The van der Waals surface area contributed by atoms with Crippen LogP contribution in [0.15, 0.2) is 24.3 Å². The topological polar surface area (TPSA) is 58.4 Å². The summed E-state index contributed by atoms with van der Waals surface area (Å²) in [5.74, 6) is 0.170. The number of hydrogen-bond donors (Lipinski definition) is 2. The number of nitrogens with zero attached hydrogens (tertiary/aromatic N) is 1. The van der Waals surface area contributed by atoms with Gasteiger partial charge in [0, 0.05) is 36.7 Å². The van der Waals surface area contributed by atoms with Gasteiger partial charge in [0.05, 0.1) is 6.54 Å². The molecule has 3 N–H and O–H groups in total. The van der Waals surface area contributed by atoms with Crippen LogP contribution in [-0.2, 0) is 0 Å². The predicted octanol–water partition coefficient (Wildman–Crippen LogP) is 2.26. The highest BCUT2D eigenvalue weighted by atomic mass is 19.4. The molecule has 1 heterocycles. The van der Waals surface area contributed by atoms with Crippen molar-refractivity contribution in [3.05, 3.63) is 35.4 Å². The first-order valence-electron chi connectivity index (χ1n) is 8.27. The Bertz CT molecular complexity index is 597. The number of hydrogen-bond acceptors (Lipinski definition) is 3. The molecular formula is C17H22F3N3O. The average Bonchev–Trinajstić information content (AvgIpc) is 3.25. The van der Waals surface area contributed by atoms with Gasteiger partial charge in [-0.25, -0.2) is 0 Å². The average molecular weight is 341 g/mol. The van der Waals surface area contributed by atoms with Crippen molar-refractivity contribution in [3.63, 3.8) is 0 Å². The van der Waals surface area contributed by atoms with E-state index in [0.717, 1.165) is 12.0 Å². The van der Waals surface area contributed by atoms with Crippen LogP contribution < -0.4 is 11.1 Å². The van der Waals surface area contributed by atoms with Gasteiger partial charge in [-0.2, -0.15) is 13.2 Å².